The zero-order chi connectivity index (χ0) is 30.9. The van der Waals surface area contributed by atoms with E-state index in [2.05, 4.69) is 50.2 Å². The number of nitrogens with zero attached hydrogens (tertiary/aromatic N) is 3. The first-order chi connectivity index (χ1) is 22.0. The Balaban J connectivity index is 1.27. The van der Waals surface area contributed by atoms with Gasteiger partial charge < -0.3 is 14.4 Å². The predicted octanol–water partition coefficient (Wildman–Crippen LogP) is 9.07. The van der Waals surface area contributed by atoms with Gasteiger partial charge in [0.15, 0.2) is 0 Å². The number of para-hydroxylation sites is 1. The summed E-state index contributed by atoms with van der Waals surface area (Å²) >= 11 is 0. The second kappa shape index (κ2) is 11.8. The van der Waals surface area contributed by atoms with Crippen molar-refractivity contribution < 1.29 is 14.3 Å². The first-order valence-corrected chi connectivity index (χ1v) is 15.0. The molecule has 0 aliphatic carbocycles. The van der Waals surface area contributed by atoms with Gasteiger partial charge in [-0.3, -0.25) is 9.36 Å². The van der Waals surface area contributed by atoms with Gasteiger partial charge in [-0.1, -0.05) is 54.6 Å². The monoisotopic (exact) mass is 591 g/mol. The highest BCUT2D eigenvalue weighted by Crippen LogP contribution is 2.40. The van der Waals surface area contributed by atoms with Crippen molar-refractivity contribution >= 4 is 34.5 Å². The normalized spacial score (nSPS) is 13.9. The Bertz CT molecular complexity index is 2040. The molecule has 6 heteroatoms. The standard InChI is InChI=1S/C39H33N3O3/c1-26-19-27(2)21-32(20-26)42-25-40-36-16-13-31(23-35(36)38(42)39(43)41-18-17-29-7-4-5-10-37(29)41)30-8-6-9-34(22-30)45-24-28-11-14-33(44-3)15-12-28/h4-23,25,38H,24H2,1-3H3. The summed E-state index contributed by atoms with van der Waals surface area (Å²) in [7, 11) is 1.66. The van der Waals surface area contributed by atoms with E-state index >= 15 is 0 Å². The molecule has 7 rings (SSSR count). The van der Waals surface area contributed by atoms with E-state index in [1.54, 1.807) is 18.0 Å². The molecule has 0 amide bonds. The molecule has 222 valence electrons. The first kappa shape index (κ1) is 28.2. The smallest absolute Gasteiger partial charge is 0.258 e. The van der Waals surface area contributed by atoms with E-state index in [0.717, 1.165) is 67.2 Å². The summed E-state index contributed by atoms with van der Waals surface area (Å²) in [6.07, 6.45) is 3.66. The van der Waals surface area contributed by atoms with Crippen molar-refractivity contribution in [1.29, 1.82) is 0 Å². The molecule has 1 aromatic heterocycles. The number of carbonyl (C=O) groups is 1. The van der Waals surface area contributed by atoms with Crippen molar-refractivity contribution in [2.75, 3.05) is 12.0 Å². The summed E-state index contributed by atoms with van der Waals surface area (Å²) in [5.41, 5.74) is 8.72. The molecule has 0 spiro atoms. The molecule has 6 nitrogen and oxygen atoms in total. The van der Waals surface area contributed by atoms with E-state index in [-0.39, 0.29) is 5.91 Å². The molecule has 1 aliphatic heterocycles. The maximum Gasteiger partial charge on any atom is 0.258 e. The Morgan fingerprint density at radius 1 is 0.778 bits per heavy atom. The van der Waals surface area contributed by atoms with Crippen LogP contribution >= 0.6 is 0 Å². The fourth-order valence-corrected chi connectivity index (χ4v) is 6.04. The van der Waals surface area contributed by atoms with Gasteiger partial charge in [-0.15, -0.1) is 0 Å². The van der Waals surface area contributed by atoms with Gasteiger partial charge in [0.1, 0.15) is 24.1 Å². The molecule has 5 aromatic carbocycles. The van der Waals surface area contributed by atoms with Crippen LogP contribution in [0.4, 0.5) is 11.4 Å². The van der Waals surface area contributed by atoms with Crippen LogP contribution in [0, 0.1) is 13.8 Å². The van der Waals surface area contributed by atoms with E-state index in [9.17, 15) is 4.79 Å². The minimum atomic E-state index is -0.621. The van der Waals surface area contributed by atoms with Crippen LogP contribution < -0.4 is 14.4 Å². The third-order valence-corrected chi connectivity index (χ3v) is 8.23. The molecule has 6 aromatic rings. The molecule has 0 radical (unpaired) electrons. The number of fused-ring (bicyclic) bond motifs is 2. The molecule has 45 heavy (non-hydrogen) atoms. The molecule has 0 bridgehead atoms. The number of rotatable bonds is 7. The van der Waals surface area contributed by atoms with Crippen LogP contribution in [-0.2, 0) is 6.61 Å². The van der Waals surface area contributed by atoms with E-state index < -0.39 is 6.04 Å². The topological polar surface area (TPSA) is 56.1 Å². The number of hydrogen-bond acceptors (Lipinski definition) is 5. The Labute approximate surface area is 262 Å². The molecular weight excluding hydrogens is 558 g/mol. The SMILES string of the molecule is COc1ccc(COc2cccc(-c3ccc4c(c3)C(C(=O)n3ccc5ccccc53)N(c3cc(C)cc(C)c3)C=N4)c2)cc1. The number of aliphatic imine (C=N–C) groups is 1. The van der Waals surface area contributed by atoms with Crippen LogP contribution in [0.1, 0.15) is 33.1 Å². The average molecular weight is 592 g/mol. The lowest BCUT2D eigenvalue weighted by atomic mass is 9.94. The van der Waals surface area contributed by atoms with Crippen molar-refractivity contribution in [1.82, 2.24) is 4.57 Å². The fourth-order valence-electron chi connectivity index (χ4n) is 6.04. The summed E-state index contributed by atoms with van der Waals surface area (Å²) < 4.78 is 13.2. The van der Waals surface area contributed by atoms with Gasteiger partial charge in [0, 0.05) is 22.8 Å². The quantitative estimate of drug-likeness (QED) is 0.186. The largest absolute Gasteiger partial charge is 0.497 e. The molecule has 1 atom stereocenters. The van der Waals surface area contributed by atoms with Crippen molar-refractivity contribution in [2.24, 2.45) is 4.99 Å². The average Bonchev–Trinajstić information content (AvgIpc) is 3.50. The Morgan fingerprint density at radius 3 is 2.36 bits per heavy atom. The van der Waals surface area contributed by atoms with Crippen LogP contribution in [0.15, 0.2) is 126 Å². The Morgan fingerprint density at radius 2 is 1.56 bits per heavy atom. The summed E-state index contributed by atoms with van der Waals surface area (Å²) in [6.45, 7) is 4.59. The maximum absolute atomic E-state index is 14.6. The van der Waals surface area contributed by atoms with Crippen molar-refractivity contribution in [3.63, 3.8) is 0 Å². The van der Waals surface area contributed by atoms with E-state index in [0.29, 0.717) is 6.61 Å². The Hall–Kier alpha value is -5.62. The second-order valence-electron chi connectivity index (χ2n) is 11.4. The first-order valence-electron chi connectivity index (χ1n) is 15.0. The highest BCUT2D eigenvalue weighted by Gasteiger charge is 2.34. The summed E-state index contributed by atoms with van der Waals surface area (Å²) in [4.78, 5) is 21.4. The van der Waals surface area contributed by atoms with E-state index in [4.69, 9.17) is 14.5 Å². The number of hydrogen-bond donors (Lipinski definition) is 0. The third-order valence-electron chi connectivity index (χ3n) is 8.23. The Kier molecular flexibility index (Phi) is 7.39. The molecule has 2 heterocycles. The zero-order valence-corrected chi connectivity index (χ0v) is 25.5. The van der Waals surface area contributed by atoms with E-state index in [1.807, 2.05) is 90.0 Å². The highest BCUT2D eigenvalue weighted by atomic mass is 16.5. The molecule has 1 aliphatic rings. The van der Waals surface area contributed by atoms with Gasteiger partial charge in [-0.25, -0.2) is 4.99 Å². The van der Waals surface area contributed by atoms with Gasteiger partial charge in [0.05, 0.1) is 24.7 Å². The maximum atomic E-state index is 14.6. The zero-order valence-electron chi connectivity index (χ0n) is 25.5. The number of aromatic nitrogens is 1. The molecule has 0 saturated carbocycles. The number of aryl methyl sites for hydroxylation is 2. The fraction of sp³-hybridized carbons (Fsp3) is 0.128. The van der Waals surface area contributed by atoms with Crippen LogP contribution in [0.2, 0.25) is 0 Å². The molecular formula is C39H33N3O3. The summed E-state index contributed by atoms with van der Waals surface area (Å²) in [5, 5.41) is 1.02. The minimum absolute atomic E-state index is 0.0449. The summed E-state index contributed by atoms with van der Waals surface area (Å²) in [5.74, 6) is 1.54. The minimum Gasteiger partial charge on any atom is -0.497 e. The lowest BCUT2D eigenvalue weighted by Gasteiger charge is -2.34. The van der Waals surface area contributed by atoms with Gasteiger partial charge in [-0.05, 0) is 102 Å². The van der Waals surface area contributed by atoms with Gasteiger partial charge in [0.2, 0.25) is 0 Å². The van der Waals surface area contributed by atoms with Crippen LogP contribution in [0.25, 0.3) is 22.0 Å². The van der Waals surface area contributed by atoms with Crippen molar-refractivity contribution in [3.05, 3.63) is 144 Å². The lowest BCUT2D eigenvalue weighted by molar-refractivity contribution is 0.0886. The van der Waals surface area contributed by atoms with Crippen LogP contribution in [-0.4, -0.2) is 23.9 Å². The van der Waals surface area contributed by atoms with Gasteiger partial charge in [-0.2, -0.15) is 0 Å². The molecule has 0 N–H and O–H groups in total. The van der Waals surface area contributed by atoms with Crippen molar-refractivity contribution in [3.8, 4) is 22.6 Å². The number of benzene rings is 5. The highest BCUT2D eigenvalue weighted by molar-refractivity contribution is 6.03. The predicted molar refractivity (Wildman–Crippen MR) is 181 cm³/mol. The summed E-state index contributed by atoms with van der Waals surface area (Å²) in [6, 6.07) is 37.7. The third kappa shape index (κ3) is 5.58. The van der Waals surface area contributed by atoms with Crippen LogP contribution in [0.3, 0.4) is 0 Å². The molecule has 0 fully saturated rings. The molecule has 0 saturated heterocycles. The van der Waals surface area contributed by atoms with Crippen molar-refractivity contribution in [2.45, 2.75) is 26.5 Å². The lowest BCUT2D eigenvalue weighted by Crippen LogP contribution is -2.37. The number of methoxy groups -OCH3 is 1. The number of anilines is 1. The van der Waals surface area contributed by atoms with Gasteiger partial charge >= 0.3 is 0 Å². The molecule has 1 unspecified atom stereocenters. The number of carbonyl (C=O) groups excluding carboxylic acids is 1. The van der Waals surface area contributed by atoms with E-state index in [1.165, 1.54) is 0 Å². The van der Waals surface area contributed by atoms with Crippen LogP contribution in [0.5, 0.6) is 11.5 Å². The number of ether oxygens (including phenoxy) is 2. The second-order valence-corrected chi connectivity index (χ2v) is 11.4. The van der Waals surface area contributed by atoms with Gasteiger partial charge in [0.25, 0.3) is 5.91 Å².